The van der Waals surface area contributed by atoms with Crippen LogP contribution in [0.3, 0.4) is 0 Å². The Morgan fingerprint density at radius 2 is 1.83 bits per heavy atom. The average molecular weight is 323 g/mol. The van der Waals surface area contributed by atoms with Gasteiger partial charge in [-0.1, -0.05) is 29.4 Å². The molecule has 3 aromatic rings. The first kappa shape index (κ1) is 15.7. The minimum atomic E-state index is -0.469. The number of aromatic nitrogens is 1. The van der Waals surface area contributed by atoms with E-state index in [0.29, 0.717) is 23.4 Å². The second-order valence-corrected chi connectivity index (χ2v) is 5.61. The van der Waals surface area contributed by atoms with E-state index in [4.69, 9.17) is 10.3 Å². The van der Waals surface area contributed by atoms with Crippen molar-refractivity contribution in [3.63, 3.8) is 0 Å². The van der Waals surface area contributed by atoms with Crippen LogP contribution in [-0.4, -0.2) is 28.9 Å². The molecule has 3 rings (SSSR count). The normalized spacial score (nSPS) is 10.7. The van der Waals surface area contributed by atoms with Gasteiger partial charge in [-0.3, -0.25) is 9.59 Å². The minimum absolute atomic E-state index is 0.0620. The number of amides is 2. The van der Waals surface area contributed by atoms with Crippen LogP contribution in [0.4, 0.5) is 0 Å². The maximum absolute atomic E-state index is 12.4. The minimum Gasteiger partial charge on any atom is -0.366 e. The fourth-order valence-electron chi connectivity index (χ4n) is 2.48. The molecule has 1 aromatic heterocycles. The zero-order chi connectivity index (χ0) is 17.1. The lowest BCUT2D eigenvalue weighted by Crippen LogP contribution is -2.27. The van der Waals surface area contributed by atoms with Gasteiger partial charge in [0.05, 0.1) is 6.42 Å². The molecule has 6 nitrogen and oxygen atoms in total. The summed E-state index contributed by atoms with van der Waals surface area (Å²) >= 11 is 0. The Balaban J connectivity index is 1.67. The molecule has 24 heavy (non-hydrogen) atoms. The van der Waals surface area contributed by atoms with Crippen LogP contribution in [0.5, 0.6) is 0 Å². The van der Waals surface area contributed by atoms with Crippen LogP contribution in [0.1, 0.15) is 21.6 Å². The molecule has 0 aliphatic rings. The van der Waals surface area contributed by atoms with E-state index in [-0.39, 0.29) is 12.3 Å². The Bertz CT molecular complexity index is 884. The Morgan fingerprint density at radius 1 is 1.12 bits per heavy atom. The molecule has 0 saturated heterocycles. The number of carbonyl (C=O) groups excluding carboxylic acids is 2. The third-order valence-corrected chi connectivity index (χ3v) is 3.85. The maximum atomic E-state index is 12.4. The first-order chi connectivity index (χ1) is 11.5. The van der Waals surface area contributed by atoms with Gasteiger partial charge in [-0.05, 0) is 29.8 Å². The van der Waals surface area contributed by atoms with Crippen LogP contribution in [0.2, 0.25) is 0 Å². The molecule has 0 fully saturated rings. The zero-order valence-electron chi connectivity index (χ0n) is 13.2. The van der Waals surface area contributed by atoms with E-state index in [0.717, 1.165) is 10.9 Å². The van der Waals surface area contributed by atoms with E-state index in [1.54, 1.807) is 36.2 Å². The molecular formula is C18H17N3O3. The van der Waals surface area contributed by atoms with Gasteiger partial charge in [0.2, 0.25) is 11.8 Å². The molecule has 0 aliphatic carbocycles. The summed E-state index contributed by atoms with van der Waals surface area (Å²) in [5.41, 5.74) is 7.88. The predicted octanol–water partition coefficient (Wildman–Crippen LogP) is 2.13. The number of primary amides is 1. The second kappa shape index (κ2) is 6.54. The van der Waals surface area contributed by atoms with Crippen molar-refractivity contribution < 1.29 is 14.1 Å². The predicted molar refractivity (Wildman–Crippen MR) is 89.1 cm³/mol. The van der Waals surface area contributed by atoms with Crippen LogP contribution in [0.15, 0.2) is 53.1 Å². The lowest BCUT2D eigenvalue weighted by molar-refractivity contribution is -0.129. The number of nitrogens with zero attached hydrogens (tertiary/aromatic N) is 2. The van der Waals surface area contributed by atoms with E-state index in [2.05, 4.69) is 5.16 Å². The van der Waals surface area contributed by atoms with Crippen LogP contribution in [0, 0.1) is 0 Å². The highest BCUT2D eigenvalue weighted by Gasteiger charge is 2.15. The number of fused-ring (bicyclic) bond motifs is 1. The van der Waals surface area contributed by atoms with Gasteiger partial charge >= 0.3 is 0 Å². The van der Waals surface area contributed by atoms with Gasteiger partial charge in [0.25, 0.3) is 0 Å². The lowest BCUT2D eigenvalue weighted by atomic mass is 10.1. The van der Waals surface area contributed by atoms with E-state index in [1.807, 2.05) is 24.3 Å². The summed E-state index contributed by atoms with van der Waals surface area (Å²) in [5.74, 6) is -0.531. The molecule has 0 radical (unpaired) electrons. The van der Waals surface area contributed by atoms with Crippen molar-refractivity contribution in [3.8, 4) is 0 Å². The van der Waals surface area contributed by atoms with Crippen LogP contribution >= 0.6 is 0 Å². The quantitative estimate of drug-likeness (QED) is 0.779. The van der Waals surface area contributed by atoms with Gasteiger partial charge < -0.3 is 15.2 Å². The average Bonchev–Trinajstić information content (AvgIpc) is 2.98. The van der Waals surface area contributed by atoms with Crippen molar-refractivity contribution >= 4 is 22.8 Å². The monoisotopic (exact) mass is 323 g/mol. The number of hydrogen-bond acceptors (Lipinski definition) is 4. The van der Waals surface area contributed by atoms with E-state index < -0.39 is 5.91 Å². The fourth-order valence-corrected chi connectivity index (χ4v) is 2.48. The summed E-state index contributed by atoms with van der Waals surface area (Å²) in [5, 5.41) is 4.83. The molecule has 2 amide bonds. The standard InChI is InChI=1S/C18H17N3O3/c1-21(11-12-6-8-13(9-7-12)18(19)23)17(22)10-15-14-4-2-3-5-16(14)24-20-15/h2-9H,10-11H2,1H3,(H2,19,23). The number of benzene rings is 2. The molecule has 6 heteroatoms. The van der Waals surface area contributed by atoms with E-state index in [1.165, 1.54) is 0 Å². The third kappa shape index (κ3) is 3.27. The van der Waals surface area contributed by atoms with Crippen molar-refractivity contribution in [2.75, 3.05) is 7.05 Å². The molecule has 1 heterocycles. The molecular weight excluding hydrogens is 306 g/mol. The largest absolute Gasteiger partial charge is 0.366 e. The topological polar surface area (TPSA) is 89.4 Å². The van der Waals surface area contributed by atoms with Gasteiger partial charge in [0.15, 0.2) is 5.58 Å². The van der Waals surface area contributed by atoms with Crippen molar-refractivity contribution in [1.29, 1.82) is 0 Å². The highest BCUT2D eigenvalue weighted by atomic mass is 16.5. The summed E-state index contributed by atoms with van der Waals surface area (Å²) in [6, 6.07) is 14.3. The van der Waals surface area contributed by atoms with Gasteiger partial charge in [0, 0.05) is 24.5 Å². The number of rotatable bonds is 5. The Hall–Kier alpha value is -3.15. The Kier molecular flexibility index (Phi) is 4.29. The molecule has 0 bridgehead atoms. The van der Waals surface area contributed by atoms with Crippen LogP contribution in [-0.2, 0) is 17.8 Å². The first-order valence-corrected chi connectivity index (χ1v) is 7.50. The molecule has 2 aromatic carbocycles. The highest BCUT2D eigenvalue weighted by Crippen LogP contribution is 2.18. The SMILES string of the molecule is CN(Cc1ccc(C(N)=O)cc1)C(=O)Cc1noc2ccccc12. The van der Waals surface area contributed by atoms with Crippen molar-refractivity contribution in [2.24, 2.45) is 5.73 Å². The van der Waals surface area contributed by atoms with Crippen LogP contribution < -0.4 is 5.73 Å². The van der Waals surface area contributed by atoms with Gasteiger partial charge in [-0.25, -0.2) is 0 Å². The van der Waals surface area contributed by atoms with Crippen molar-refractivity contribution in [2.45, 2.75) is 13.0 Å². The molecule has 0 unspecified atom stereocenters. The lowest BCUT2D eigenvalue weighted by Gasteiger charge is -2.16. The van der Waals surface area contributed by atoms with E-state index in [9.17, 15) is 9.59 Å². The number of likely N-dealkylation sites (N-methyl/N-ethyl adjacent to an activating group) is 1. The van der Waals surface area contributed by atoms with Crippen molar-refractivity contribution in [3.05, 3.63) is 65.4 Å². The molecule has 2 N–H and O–H groups in total. The van der Waals surface area contributed by atoms with Crippen molar-refractivity contribution in [1.82, 2.24) is 10.1 Å². The van der Waals surface area contributed by atoms with Gasteiger partial charge in [-0.15, -0.1) is 0 Å². The Labute approximate surface area is 138 Å². The van der Waals surface area contributed by atoms with Gasteiger partial charge in [-0.2, -0.15) is 0 Å². The number of nitrogens with two attached hydrogens (primary N) is 1. The first-order valence-electron chi connectivity index (χ1n) is 7.50. The zero-order valence-corrected chi connectivity index (χ0v) is 13.2. The number of hydrogen-bond donors (Lipinski definition) is 1. The number of para-hydroxylation sites is 1. The smallest absolute Gasteiger partial charge is 0.248 e. The summed E-state index contributed by atoms with van der Waals surface area (Å²) in [6.07, 6.45) is 0.173. The Morgan fingerprint density at radius 3 is 2.54 bits per heavy atom. The molecule has 0 atom stereocenters. The summed E-state index contributed by atoms with van der Waals surface area (Å²) in [6.45, 7) is 0.438. The molecule has 0 spiro atoms. The van der Waals surface area contributed by atoms with Gasteiger partial charge in [0.1, 0.15) is 5.69 Å². The third-order valence-electron chi connectivity index (χ3n) is 3.85. The maximum Gasteiger partial charge on any atom is 0.248 e. The second-order valence-electron chi connectivity index (χ2n) is 5.61. The molecule has 0 saturated carbocycles. The molecule has 122 valence electrons. The fraction of sp³-hybridized carbons (Fsp3) is 0.167. The summed E-state index contributed by atoms with van der Waals surface area (Å²) in [7, 11) is 1.73. The van der Waals surface area contributed by atoms with Crippen LogP contribution in [0.25, 0.3) is 11.0 Å². The summed E-state index contributed by atoms with van der Waals surface area (Å²) < 4.78 is 5.22. The highest BCUT2D eigenvalue weighted by molar-refractivity contribution is 5.92. The number of carbonyl (C=O) groups is 2. The molecule has 0 aliphatic heterocycles. The van der Waals surface area contributed by atoms with E-state index >= 15 is 0 Å². The summed E-state index contributed by atoms with van der Waals surface area (Å²) in [4.78, 5) is 25.1.